The molecular formula is C12H15BrF3NO. The largest absolute Gasteiger partial charge is 0.492 e. The monoisotopic (exact) mass is 325 g/mol. The number of ether oxygens (including phenoxy) is 1. The fraction of sp³-hybridized carbons (Fsp3) is 0.500. The predicted molar refractivity (Wildman–Crippen MR) is 67.7 cm³/mol. The first-order valence-corrected chi connectivity index (χ1v) is 6.40. The van der Waals surface area contributed by atoms with E-state index >= 15 is 0 Å². The average Bonchev–Trinajstić information content (AvgIpc) is 2.27. The smallest absolute Gasteiger partial charge is 0.392 e. The van der Waals surface area contributed by atoms with Crippen LogP contribution in [-0.4, -0.2) is 19.3 Å². The second kappa shape index (κ2) is 6.99. The number of hydrogen-bond donors (Lipinski definition) is 1. The summed E-state index contributed by atoms with van der Waals surface area (Å²) in [6.07, 6.45) is -5.13. The van der Waals surface area contributed by atoms with E-state index in [4.69, 9.17) is 4.74 Å². The summed E-state index contributed by atoms with van der Waals surface area (Å²) in [5, 5.41) is 3.16. The van der Waals surface area contributed by atoms with Crippen molar-refractivity contribution in [3.63, 3.8) is 0 Å². The van der Waals surface area contributed by atoms with Gasteiger partial charge in [0.25, 0.3) is 0 Å². The third-order valence-electron chi connectivity index (χ3n) is 2.22. The van der Waals surface area contributed by atoms with Crippen LogP contribution in [0.4, 0.5) is 13.2 Å². The topological polar surface area (TPSA) is 21.3 Å². The molecule has 1 N–H and O–H groups in total. The molecule has 0 aliphatic heterocycles. The summed E-state index contributed by atoms with van der Waals surface area (Å²) in [5.74, 6) is 0.430. The van der Waals surface area contributed by atoms with Crippen LogP contribution >= 0.6 is 15.9 Å². The molecule has 0 spiro atoms. The minimum absolute atomic E-state index is 0.366. The van der Waals surface area contributed by atoms with E-state index in [1.165, 1.54) is 0 Å². The highest BCUT2D eigenvalue weighted by atomic mass is 79.9. The van der Waals surface area contributed by atoms with Crippen LogP contribution < -0.4 is 10.1 Å². The molecule has 0 unspecified atom stereocenters. The second-order valence-corrected chi connectivity index (χ2v) is 4.61. The van der Waals surface area contributed by atoms with Gasteiger partial charge in [-0.3, -0.25) is 0 Å². The van der Waals surface area contributed by atoms with Crippen molar-refractivity contribution in [1.29, 1.82) is 0 Å². The van der Waals surface area contributed by atoms with Crippen LogP contribution in [0, 0.1) is 0 Å². The number of alkyl halides is 3. The molecule has 0 atom stereocenters. The molecule has 102 valence electrons. The van der Waals surface area contributed by atoms with Crippen LogP contribution in [0.3, 0.4) is 0 Å². The van der Waals surface area contributed by atoms with Gasteiger partial charge in [0.1, 0.15) is 5.75 Å². The Bertz CT molecular complexity index is 382. The summed E-state index contributed by atoms with van der Waals surface area (Å²) in [6, 6.07) is 5.34. The van der Waals surface area contributed by atoms with Crippen molar-refractivity contribution in [3.8, 4) is 5.75 Å². The van der Waals surface area contributed by atoms with Crippen LogP contribution in [0.2, 0.25) is 0 Å². The normalized spacial score (nSPS) is 11.6. The maximum atomic E-state index is 12.0. The fourth-order valence-corrected chi connectivity index (χ4v) is 1.86. The van der Waals surface area contributed by atoms with Gasteiger partial charge in [0.15, 0.2) is 0 Å². The van der Waals surface area contributed by atoms with Crippen LogP contribution in [0.15, 0.2) is 22.7 Å². The molecule has 1 aromatic carbocycles. The zero-order valence-electron chi connectivity index (χ0n) is 9.98. The zero-order valence-corrected chi connectivity index (χ0v) is 11.6. The van der Waals surface area contributed by atoms with Gasteiger partial charge in [-0.2, -0.15) is 13.2 Å². The lowest BCUT2D eigenvalue weighted by Gasteiger charge is -2.11. The summed E-state index contributed by atoms with van der Waals surface area (Å²) < 4.78 is 41.6. The first-order valence-electron chi connectivity index (χ1n) is 5.61. The van der Waals surface area contributed by atoms with Crippen molar-refractivity contribution in [2.75, 3.05) is 13.2 Å². The Morgan fingerprint density at radius 3 is 2.61 bits per heavy atom. The third kappa shape index (κ3) is 5.73. The molecule has 0 bridgehead atoms. The molecule has 1 aromatic rings. The van der Waals surface area contributed by atoms with Crippen molar-refractivity contribution in [2.45, 2.75) is 26.1 Å². The number of halogens is 4. The van der Waals surface area contributed by atoms with Gasteiger partial charge in [0.05, 0.1) is 17.5 Å². The molecule has 18 heavy (non-hydrogen) atoms. The SMILES string of the molecule is CCNCc1ccc(OCCC(F)(F)F)c(Br)c1. The van der Waals surface area contributed by atoms with Gasteiger partial charge < -0.3 is 10.1 Å². The second-order valence-electron chi connectivity index (χ2n) is 3.76. The van der Waals surface area contributed by atoms with Crippen molar-refractivity contribution in [3.05, 3.63) is 28.2 Å². The molecule has 0 aliphatic carbocycles. The van der Waals surface area contributed by atoms with Crippen LogP contribution in [-0.2, 0) is 6.54 Å². The molecule has 0 aromatic heterocycles. The van der Waals surface area contributed by atoms with E-state index in [-0.39, 0.29) is 6.61 Å². The van der Waals surface area contributed by atoms with Crippen molar-refractivity contribution in [2.24, 2.45) is 0 Å². The van der Waals surface area contributed by atoms with E-state index < -0.39 is 12.6 Å². The highest BCUT2D eigenvalue weighted by Crippen LogP contribution is 2.27. The first kappa shape index (κ1) is 15.3. The lowest BCUT2D eigenvalue weighted by molar-refractivity contribution is -0.139. The predicted octanol–water partition coefficient (Wildman–Crippen LogP) is 3.89. The molecule has 0 aliphatic rings. The molecule has 0 saturated carbocycles. The number of nitrogens with one attached hydrogen (secondary N) is 1. The highest BCUT2D eigenvalue weighted by molar-refractivity contribution is 9.10. The zero-order chi connectivity index (χ0) is 13.6. The molecule has 0 amide bonds. The Balaban J connectivity index is 2.52. The van der Waals surface area contributed by atoms with E-state index in [1.54, 1.807) is 6.07 Å². The van der Waals surface area contributed by atoms with Gasteiger partial charge in [0.2, 0.25) is 0 Å². The van der Waals surface area contributed by atoms with E-state index in [2.05, 4.69) is 21.2 Å². The molecular weight excluding hydrogens is 311 g/mol. The lowest BCUT2D eigenvalue weighted by atomic mass is 10.2. The maximum absolute atomic E-state index is 12.0. The van der Waals surface area contributed by atoms with E-state index in [1.807, 2.05) is 19.1 Å². The minimum Gasteiger partial charge on any atom is -0.492 e. The number of benzene rings is 1. The number of hydrogen-bond acceptors (Lipinski definition) is 2. The summed E-state index contributed by atoms with van der Waals surface area (Å²) in [5.41, 5.74) is 1.05. The molecule has 2 nitrogen and oxygen atoms in total. The Hall–Kier alpha value is -0.750. The summed E-state index contributed by atoms with van der Waals surface area (Å²) in [7, 11) is 0. The van der Waals surface area contributed by atoms with E-state index in [0.29, 0.717) is 10.2 Å². The molecule has 1 rings (SSSR count). The molecule has 0 saturated heterocycles. The standard InChI is InChI=1S/C12H15BrF3NO/c1-2-17-8-9-3-4-11(10(13)7-9)18-6-5-12(14,15)16/h3-4,7,17H,2,5-6,8H2,1H3. The lowest BCUT2D eigenvalue weighted by Crippen LogP contribution is -2.13. The average molecular weight is 326 g/mol. The highest BCUT2D eigenvalue weighted by Gasteiger charge is 2.26. The first-order chi connectivity index (χ1) is 8.42. The van der Waals surface area contributed by atoms with E-state index in [0.717, 1.165) is 18.7 Å². The van der Waals surface area contributed by atoms with Gasteiger partial charge in [-0.05, 0) is 40.2 Å². The number of rotatable bonds is 6. The molecule has 6 heteroatoms. The summed E-state index contributed by atoms with van der Waals surface area (Å²) in [4.78, 5) is 0. The van der Waals surface area contributed by atoms with E-state index in [9.17, 15) is 13.2 Å². The van der Waals surface area contributed by atoms with Crippen molar-refractivity contribution >= 4 is 15.9 Å². The van der Waals surface area contributed by atoms with Gasteiger partial charge in [0, 0.05) is 6.54 Å². The molecule has 0 radical (unpaired) electrons. The van der Waals surface area contributed by atoms with Crippen LogP contribution in [0.25, 0.3) is 0 Å². The Labute approximate surface area is 113 Å². The van der Waals surface area contributed by atoms with Crippen LogP contribution in [0.5, 0.6) is 5.75 Å². The molecule has 0 fully saturated rings. The Morgan fingerprint density at radius 2 is 2.06 bits per heavy atom. The molecule has 0 heterocycles. The van der Waals surface area contributed by atoms with Crippen molar-refractivity contribution < 1.29 is 17.9 Å². The quantitative estimate of drug-likeness (QED) is 0.856. The summed E-state index contributed by atoms with van der Waals surface area (Å²) in [6.45, 7) is 3.22. The van der Waals surface area contributed by atoms with Gasteiger partial charge in [-0.15, -0.1) is 0 Å². The maximum Gasteiger partial charge on any atom is 0.392 e. The summed E-state index contributed by atoms with van der Waals surface area (Å²) >= 11 is 3.29. The van der Waals surface area contributed by atoms with Crippen LogP contribution in [0.1, 0.15) is 18.9 Å². The van der Waals surface area contributed by atoms with Gasteiger partial charge in [-0.25, -0.2) is 0 Å². The third-order valence-corrected chi connectivity index (χ3v) is 2.84. The van der Waals surface area contributed by atoms with Gasteiger partial charge >= 0.3 is 6.18 Å². The fourth-order valence-electron chi connectivity index (χ4n) is 1.32. The Kier molecular flexibility index (Phi) is 5.95. The Morgan fingerprint density at radius 1 is 1.33 bits per heavy atom. The minimum atomic E-state index is -4.18. The van der Waals surface area contributed by atoms with Crippen molar-refractivity contribution in [1.82, 2.24) is 5.32 Å². The van der Waals surface area contributed by atoms with Gasteiger partial charge in [-0.1, -0.05) is 13.0 Å².